The Morgan fingerprint density at radius 2 is 1.82 bits per heavy atom. The maximum atomic E-state index is 12.8. The van der Waals surface area contributed by atoms with Crippen LogP contribution in [0, 0.1) is 5.82 Å². The van der Waals surface area contributed by atoms with E-state index in [1.807, 2.05) is 0 Å². The molecule has 0 bridgehead atoms. The molecule has 0 fully saturated rings. The number of amides is 1. The molecule has 3 nitrogen and oxygen atoms in total. The van der Waals surface area contributed by atoms with Crippen LogP contribution in [0.15, 0.2) is 42.5 Å². The molecule has 0 aromatic heterocycles. The Hall–Kier alpha value is -1.78. The van der Waals surface area contributed by atoms with E-state index in [1.54, 1.807) is 19.2 Å². The number of halogens is 3. The van der Waals surface area contributed by atoms with Gasteiger partial charge in [0, 0.05) is 12.6 Å². The monoisotopic (exact) mass is 341 g/mol. The molecule has 2 aromatic carbocycles. The summed E-state index contributed by atoms with van der Waals surface area (Å²) in [5.41, 5.74) is 0.457. The SMILES string of the molecule is CN(CCOc1ccc(F)cc1)C(=O)c1ccc(Cl)c(Cl)c1. The van der Waals surface area contributed by atoms with Gasteiger partial charge >= 0.3 is 0 Å². The smallest absolute Gasteiger partial charge is 0.253 e. The van der Waals surface area contributed by atoms with Crippen molar-refractivity contribution in [3.63, 3.8) is 0 Å². The fraction of sp³-hybridized carbons (Fsp3) is 0.188. The van der Waals surface area contributed by atoms with Gasteiger partial charge in [-0.1, -0.05) is 23.2 Å². The molecule has 6 heteroatoms. The topological polar surface area (TPSA) is 29.5 Å². The molecule has 0 aliphatic heterocycles. The first-order valence-electron chi connectivity index (χ1n) is 6.56. The Balaban J connectivity index is 1.88. The fourth-order valence-corrected chi connectivity index (χ4v) is 2.08. The summed E-state index contributed by atoms with van der Waals surface area (Å²) in [5.74, 6) is 0.0531. The van der Waals surface area contributed by atoms with E-state index in [0.717, 1.165) is 0 Å². The molecule has 0 N–H and O–H groups in total. The molecule has 0 saturated heterocycles. The van der Waals surface area contributed by atoms with Crippen LogP contribution in [0.2, 0.25) is 10.0 Å². The summed E-state index contributed by atoms with van der Waals surface area (Å²) in [7, 11) is 1.67. The highest BCUT2D eigenvalue weighted by atomic mass is 35.5. The number of nitrogens with zero attached hydrogens (tertiary/aromatic N) is 1. The third kappa shape index (κ3) is 4.36. The lowest BCUT2D eigenvalue weighted by atomic mass is 10.2. The second kappa shape index (κ2) is 7.47. The fourth-order valence-electron chi connectivity index (χ4n) is 1.78. The molecule has 1 amide bonds. The predicted molar refractivity (Wildman–Crippen MR) is 85.3 cm³/mol. The minimum atomic E-state index is -0.320. The number of benzene rings is 2. The summed E-state index contributed by atoms with van der Waals surface area (Å²) in [6, 6.07) is 10.4. The lowest BCUT2D eigenvalue weighted by molar-refractivity contribution is 0.0774. The van der Waals surface area contributed by atoms with Crippen molar-refractivity contribution in [3.05, 3.63) is 63.9 Å². The number of carbonyl (C=O) groups excluding carboxylic acids is 1. The normalized spacial score (nSPS) is 10.4. The number of rotatable bonds is 5. The van der Waals surface area contributed by atoms with E-state index in [9.17, 15) is 9.18 Å². The minimum Gasteiger partial charge on any atom is -0.492 e. The van der Waals surface area contributed by atoms with E-state index in [-0.39, 0.29) is 11.7 Å². The zero-order valence-electron chi connectivity index (χ0n) is 11.9. The van der Waals surface area contributed by atoms with Crippen LogP contribution in [0.3, 0.4) is 0 Å². The van der Waals surface area contributed by atoms with Gasteiger partial charge in [0.05, 0.1) is 16.6 Å². The van der Waals surface area contributed by atoms with Crippen LogP contribution in [0.25, 0.3) is 0 Å². The first kappa shape index (κ1) is 16.6. The lowest BCUT2D eigenvalue weighted by Gasteiger charge is -2.18. The molecule has 0 atom stereocenters. The third-order valence-corrected chi connectivity index (χ3v) is 3.76. The van der Waals surface area contributed by atoms with E-state index < -0.39 is 0 Å². The number of ether oxygens (including phenoxy) is 1. The number of likely N-dealkylation sites (N-methyl/N-ethyl adjacent to an activating group) is 1. The molecule has 0 heterocycles. The highest BCUT2D eigenvalue weighted by molar-refractivity contribution is 6.42. The Labute approximate surface area is 138 Å². The zero-order chi connectivity index (χ0) is 16.1. The van der Waals surface area contributed by atoms with Gasteiger partial charge in [-0.15, -0.1) is 0 Å². The van der Waals surface area contributed by atoms with Gasteiger partial charge in [-0.05, 0) is 42.5 Å². The maximum absolute atomic E-state index is 12.8. The second-order valence-corrected chi connectivity index (χ2v) is 5.47. The molecule has 0 aliphatic carbocycles. The van der Waals surface area contributed by atoms with Crippen LogP contribution in [-0.4, -0.2) is 31.0 Å². The highest BCUT2D eigenvalue weighted by Gasteiger charge is 2.13. The lowest BCUT2D eigenvalue weighted by Crippen LogP contribution is -2.30. The van der Waals surface area contributed by atoms with Crippen molar-refractivity contribution >= 4 is 29.1 Å². The first-order valence-corrected chi connectivity index (χ1v) is 7.32. The largest absolute Gasteiger partial charge is 0.492 e. The predicted octanol–water partition coefficient (Wildman–Crippen LogP) is 4.28. The first-order chi connectivity index (χ1) is 10.5. The summed E-state index contributed by atoms with van der Waals surface area (Å²) in [6.45, 7) is 0.686. The van der Waals surface area contributed by atoms with Crippen LogP contribution in [0.5, 0.6) is 5.75 Å². The third-order valence-electron chi connectivity index (χ3n) is 3.02. The molecule has 116 valence electrons. The Morgan fingerprint density at radius 3 is 2.45 bits per heavy atom. The molecule has 0 saturated carbocycles. The molecular weight excluding hydrogens is 328 g/mol. The quantitative estimate of drug-likeness (QED) is 0.812. The molecule has 0 unspecified atom stereocenters. The summed E-state index contributed by atoms with van der Waals surface area (Å²) >= 11 is 11.7. The number of hydrogen-bond acceptors (Lipinski definition) is 2. The standard InChI is InChI=1S/C16H14Cl2FNO2/c1-20(8-9-22-13-5-3-12(19)4-6-13)16(21)11-2-7-14(17)15(18)10-11/h2-7,10H,8-9H2,1H3. The van der Waals surface area contributed by atoms with Crippen molar-refractivity contribution in [2.24, 2.45) is 0 Å². The van der Waals surface area contributed by atoms with Crippen molar-refractivity contribution in [2.75, 3.05) is 20.2 Å². The maximum Gasteiger partial charge on any atom is 0.253 e. The van der Waals surface area contributed by atoms with Crippen molar-refractivity contribution < 1.29 is 13.9 Å². The van der Waals surface area contributed by atoms with Gasteiger partial charge in [0.15, 0.2) is 0 Å². The Morgan fingerprint density at radius 1 is 1.14 bits per heavy atom. The van der Waals surface area contributed by atoms with Crippen LogP contribution in [0.1, 0.15) is 10.4 Å². The zero-order valence-corrected chi connectivity index (χ0v) is 13.4. The molecule has 0 aliphatic rings. The van der Waals surface area contributed by atoms with Gasteiger partial charge in [-0.2, -0.15) is 0 Å². The van der Waals surface area contributed by atoms with Crippen molar-refractivity contribution in [1.29, 1.82) is 0 Å². The Bertz CT molecular complexity index is 662. The van der Waals surface area contributed by atoms with Gasteiger partial charge in [0.2, 0.25) is 0 Å². The van der Waals surface area contributed by atoms with E-state index in [4.69, 9.17) is 27.9 Å². The highest BCUT2D eigenvalue weighted by Crippen LogP contribution is 2.23. The van der Waals surface area contributed by atoms with Gasteiger partial charge < -0.3 is 9.64 Å². The number of carbonyl (C=O) groups is 1. The van der Waals surface area contributed by atoms with E-state index in [0.29, 0.717) is 34.5 Å². The molecule has 2 rings (SSSR count). The van der Waals surface area contributed by atoms with Crippen LogP contribution in [0.4, 0.5) is 4.39 Å². The summed E-state index contributed by atoms with van der Waals surface area (Å²) < 4.78 is 18.2. The van der Waals surface area contributed by atoms with E-state index in [1.165, 1.54) is 35.2 Å². The molecule has 0 radical (unpaired) electrons. The number of hydrogen-bond donors (Lipinski definition) is 0. The molecule has 2 aromatic rings. The van der Waals surface area contributed by atoms with Crippen LogP contribution in [-0.2, 0) is 0 Å². The summed E-state index contributed by atoms with van der Waals surface area (Å²) in [5, 5.41) is 0.740. The summed E-state index contributed by atoms with van der Waals surface area (Å²) in [6.07, 6.45) is 0. The second-order valence-electron chi connectivity index (χ2n) is 4.66. The van der Waals surface area contributed by atoms with Crippen LogP contribution >= 0.6 is 23.2 Å². The minimum absolute atomic E-state index is 0.179. The van der Waals surface area contributed by atoms with Gasteiger partial charge in [-0.3, -0.25) is 4.79 Å². The van der Waals surface area contributed by atoms with E-state index in [2.05, 4.69) is 0 Å². The summed E-state index contributed by atoms with van der Waals surface area (Å²) in [4.78, 5) is 13.7. The Kier molecular flexibility index (Phi) is 5.63. The average molecular weight is 342 g/mol. The van der Waals surface area contributed by atoms with Gasteiger partial charge in [0.1, 0.15) is 18.2 Å². The van der Waals surface area contributed by atoms with Crippen molar-refractivity contribution in [3.8, 4) is 5.75 Å². The average Bonchev–Trinajstić information content (AvgIpc) is 2.51. The van der Waals surface area contributed by atoms with E-state index >= 15 is 0 Å². The van der Waals surface area contributed by atoms with Crippen molar-refractivity contribution in [2.45, 2.75) is 0 Å². The molecule has 0 spiro atoms. The van der Waals surface area contributed by atoms with Gasteiger partial charge in [0.25, 0.3) is 5.91 Å². The molecule has 22 heavy (non-hydrogen) atoms. The van der Waals surface area contributed by atoms with Crippen LogP contribution < -0.4 is 4.74 Å². The van der Waals surface area contributed by atoms with Crippen molar-refractivity contribution in [1.82, 2.24) is 4.90 Å². The molecular formula is C16H14Cl2FNO2. The van der Waals surface area contributed by atoms with Gasteiger partial charge in [-0.25, -0.2) is 4.39 Å².